The van der Waals surface area contributed by atoms with Crippen LogP contribution in [-0.2, 0) is 6.42 Å². The van der Waals surface area contributed by atoms with E-state index in [0.717, 1.165) is 13.0 Å². The zero-order chi connectivity index (χ0) is 11.6. The van der Waals surface area contributed by atoms with Crippen LogP contribution < -0.4 is 5.32 Å². The molecule has 1 N–H and O–H groups in total. The molecule has 0 radical (unpaired) electrons. The largest absolute Gasteiger partial charge is 0.390 e. The van der Waals surface area contributed by atoms with Gasteiger partial charge in [-0.2, -0.15) is 10.5 Å². The van der Waals surface area contributed by atoms with Gasteiger partial charge in [-0.05, 0) is 12.0 Å². The van der Waals surface area contributed by atoms with Crippen LogP contribution in [0.2, 0.25) is 0 Å². The first-order chi connectivity index (χ1) is 7.86. The van der Waals surface area contributed by atoms with Crippen LogP contribution in [0.15, 0.2) is 42.1 Å². The molecule has 0 fully saturated rings. The molecule has 3 nitrogen and oxygen atoms in total. The van der Waals surface area contributed by atoms with Crippen molar-refractivity contribution in [3.8, 4) is 12.1 Å². The SMILES string of the molecule is N#CC/C(C#N)=C/NCCc1ccccc1. The van der Waals surface area contributed by atoms with Crippen molar-refractivity contribution in [2.45, 2.75) is 12.8 Å². The van der Waals surface area contributed by atoms with Crippen molar-refractivity contribution < 1.29 is 0 Å². The van der Waals surface area contributed by atoms with Crippen molar-refractivity contribution in [1.29, 1.82) is 10.5 Å². The van der Waals surface area contributed by atoms with Crippen LogP contribution in [0.1, 0.15) is 12.0 Å². The molecule has 0 amide bonds. The summed E-state index contributed by atoms with van der Waals surface area (Å²) in [5.41, 5.74) is 1.72. The maximum atomic E-state index is 8.66. The topological polar surface area (TPSA) is 59.6 Å². The van der Waals surface area contributed by atoms with Crippen LogP contribution in [0.25, 0.3) is 0 Å². The second-order valence-corrected chi connectivity index (χ2v) is 3.31. The molecule has 0 spiro atoms. The third kappa shape index (κ3) is 4.30. The second kappa shape index (κ2) is 7.09. The minimum absolute atomic E-state index is 0.162. The first kappa shape index (κ1) is 11.8. The zero-order valence-corrected chi connectivity index (χ0v) is 8.98. The van der Waals surface area contributed by atoms with E-state index < -0.39 is 0 Å². The van der Waals surface area contributed by atoms with Crippen LogP contribution in [-0.4, -0.2) is 6.54 Å². The van der Waals surface area contributed by atoms with Gasteiger partial charge in [-0.15, -0.1) is 0 Å². The average Bonchev–Trinajstić information content (AvgIpc) is 2.34. The van der Waals surface area contributed by atoms with E-state index in [1.807, 2.05) is 30.3 Å². The first-order valence-electron chi connectivity index (χ1n) is 5.10. The number of hydrogen-bond donors (Lipinski definition) is 1. The smallest absolute Gasteiger partial charge is 0.0973 e. The van der Waals surface area contributed by atoms with Gasteiger partial charge in [-0.25, -0.2) is 0 Å². The molecule has 0 aromatic heterocycles. The first-order valence-corrected chi connectivity index (χ1v) is 5.10. The molecule has 0 aliphatic heterocycles. The number of nitrogens with zero attached hydrogens (tertiary/aromatic N) is 2. The summed E-state index contributed by atoms with van der Waals surface area (Å²) in [5, 5.41) is 20.1. The molecule has 0 heterocycles. The highest BCUT2D eigenvalue weighted by atomic mass is 14.8. The van der Waals surface area contributed by atoms with Crippen molar-refractivity contribution in [3.63, 3.8) is 0 Å². The molecule has 0 atom stereocenters. The standard InChI is InChI=1S/C13H13N3/c14-8-6-13(10-15)11-16-9-7-12-4-2-1-3-5-12/h1-5,11,16H,6-7,9H2/b13-11-. The lowest BCUT2D eigenvalue weighted by molar-refractivity contribution is 0.826. The van der Waals surface area contributed by atoms with Crippen LogP contribution in [0.4, 0.5) is 0 Å². The highest BCUT2D eigenvalue weighted by Crippen LogP contribution is 1.99. The van der Waals surface area contributed by atoms with Crippen LogP contribution in [0.3, 0.4) is 0 Å². The van der Waals surface area contributed by atoms with Gasteiger partial charge in [-0.3, -0.25) is 0 Å². The number of hydrogen-bond acceptors (Lipinski definition) is 3. The highest BCUT2D eigenvalue weighted by molar-refractivity contribution is 5.23. The molecule has 0 aliphatic carbocycles. The summed E-state index contributed by atoms with van der Waals surface area (Å²) in [6.45, 7) is 0.765. The molecule has 1 aromatic rings. The Morgan fingerprint density at radius 3 is 2.62 bits per heavy atom. The maximum absolute atomic E-state index is 8.66. The third-order valence-electron chi connectivity index (χ3n) is 2.09. The van der Waals surface area contributed by atoms with Crippen molar-refractivity contribution in [3.05, 3.63) is 47.7 Å². The fourth-order valence-corrected chi connectivity index (χ4v) is 1.26. The summed E-state index contributed by atoms with van der Waals surface area (Å²) in [7, 11) is 0. The molecule has 0 unspecified atom stereocenters. The minimum atomic E-state index is 0.162. The van der Waals surface area contributed by atoms with Gasteiger partial charge >= 0.3 is 0 Å². The molecule has 80 valence electrons. The van der Waals surface area contributed by atoms with Crippen LogP contribution >= 0.6 is 0 Å². The van der Waals surface area contributed by atoms with Crippen molar-refractivity contribution in [2.75, 3.05) is 6.54 Å². The van der Waals surface area contributed by atoms with E-state index in [-0.39, 0.29) is 6.42 Å². The van der Waals surface area contributed by atoms with E-state index in [4.69, 9.17) is 10.5 Å². The molecule has 0 saturated heterocycles. The molecule has 16 heavy (non-hydrogen) atoms. The lowest BCUT2D eigenvalue weighted by Crippen LogP contribution is -2.10. The van der Waals surface area contributed by atoms with Gasteiger partial charge in [0.2, 0.25) is 0 Å². The summed E-state index contributed by atoms with van der Waals surface area (Å²) in [4.78, 5) is 0. The lowest BCUT2D eigenvalue weighted by Gasteiger charge is -2.01. The Kier molecular flexibility index (Phi) is 5.23. The summed E-state index contributed by atoms with van der Waals surface area (Å²) >= 11 is 0. The molecular formula is C13H13N3. The van der Waals surface area contributed by atoms with Gasteiger partial charge in [0.25, 0.3) is 0 Å². The number of allylic oxidation sites excluding steroid dienone is 1. The van der Waals surface area contributed by atoms with Crippen LogP contribution in [0, 0.1) is 22.7 Å². The van der Waals surface area contributed by atoms with E-state index in [0.29, 0.717) is 5.57 Å². The van der Waals surface area contributed by atoms with Crippen molar-refractivity contribution in [2.24, 2.45) is 0 Å². The number of rotatable bonds is 5. The van der Waals surface area contributed by atoms with Gasteiger partial charge in [0.1, 0.15) is 0 Å². The van der Waals surface area contributed by atoms with Crippen molar-refractivity contribution in [1.82, 2.24) is 5.32 Å². The quantitative estimate of drug-likeness (QED) is 0.599. The Morgan fingerprint density at radius 2 is 2.00 bits per heavy atom. The van der Waals surface area contributed by atoms with Gasteiger partial charge in [0.05, 0.1) is 24.1 Å². The lowest BCUT2D eigenvalue weighted by atomic mass is 10.1. The Hall–Kier alpha value is -2.26. The van der Waals surface area contributed by atoms with Gasteiger partial charge in [0.15, 0.2) is 0 Å². The Balaban J connectivity index is 2.32. The maximum Gasteiger partial charge on any atom is 0.0973 e. The average molecular weight is 211 g/mol. The van der Waals surface area contributed by atoms with E-state index in [1.54, 1.807) is 6.20 Å². The van der Waals surface area contributed by atoms with Gasteiger partial charge in [0, 0.05) is 12.7 Å². The zero-order valence-electron chi connectivity index (χ0n) is 8.98. The van der Waals surface area contributed by atoms with Gasteiger partial charge in [-0.1, -0.05) is 30.3 Å². The number of benzene rings is 1. The van der Waals surface area contributed by atoms with E-state index in [9.17, 15) is 0 Å². The fourth-order valence-electron chi connectivity index (χ4n) is 1.26. The molecule has 3 heteroatoms. The van der Waals surface area contributed by atoms with E-state index >= 15 is 0 Å². The van der Waals surface area contributed by atoms with Gasteiger partial charge < -0.3 is 5.32 Å². The minimum Gasteiger partial charge on any atom is -0.390 e. The molecule has 0 bridgehead atoms. The van der Waals surface area contributed by atoms with E-state index in [1.165, 1.54) is 5.56 Å². The molecule has 0 aliphatic rings. The molecular weight excluding hydrogens is 198 g/mol. The molecule has 0 saturated carbocycles. The highest BCUT2D eigenvalue weighted by Gasteiger charge is 1.93. The molecule has 1 rings (SSSR count). The monoisotopic (exact) mass is 211 g/mol. The predicted octanol–water partition coefficient (Wildman–Crippen LogP) is 2.14. The Labute approximate surface area is 95.6 Å². The fraction of sp³-hybridized carbons (Fsp3) is 0.231. The number of nitrogens with one attached hydrogen (secondary N) is 1. The Bertz CT molecular complexity index is 421. The normalized spacial score (nSPS) is 10.2. The Morgan fingerprint density at radius 1 is 1.25 bits per heavy atom. The summed E-state index contributed by atoms with van der Waals surface area (Å²) in [6.07, 6.45) is 2.68. The summed E-state index contributed by atoms with van der Waals surface area (Å²) < 4.78 is 0. The van der Waals surface area contributed by atoms with Crippen LogP contribution in [0.5, 0.6) is 0 Å². The summed E-state index contributed by atoms with van der Waals surface area (Å²) in [6, 6.07) is 14.0. The second-order valence-electron chi connectivity index (χ2n) is 3.31. The number of nitriles is 2. The third-order valence-corrected chi connectivity index (χ3v) is 2.09. The van der Waals surface area contributed by atoms with Crippen molar-refractivity contribution >= 4 is 0 Å². The predicted molar refractivity (Wildman–Crippen MR) is 62.1 cm³/mol. The molecule has 1 aromatic carbocycles. The van der Waals surface area contributed by atoms with E-state index in [2.05, 4.69) is 17.4 Å². The summed E-state index contributed by atoms with van der Waals surface area (Å²) in [5.74, 6) is 0.